The second-order valence-electron chi connectivity index (χ2n) is 5.62. The van der Waals surface area contributed by atoms with Crippen LogP contribution in [0.1, 0.15) is 11.5 Å². The molecule has 0 unspecified atom stereocenters. The number of aryl methyl sites for hydroxylation is 1. The van der Waals surface area contributed by atoms with E-state index in [1.165, 1.54) is 0 Å². The summed E-state index contributed by atoms with van der Waals surface area (Å²) in [4.78, 5) is 6.42. The minimum Gasteiger partial charge on any atom is -0.497 e. The Kier molecular flexibility index (Phi) is 6.19. The van der Waals surface area contributed by atoms with E-state index in [0.29, 0.717) is 41.8 Å². The summed E-state index contributed by atoms with van der Waals surface area (Å²) in [6.45, 7) is 2.42. The quantitative estimate of drug-likeness (QED) is 0.754. The van der Waals surface area contributed by atoms with E-state index in [2.05, 4.69) is 4.98 Å². The number of aromatic nitrogens is 1. The van der Waals surface area contributed by atoms with Crippen LogP contribution in [0.5, 0.6) is 11.5 Å². The first kappa shape index (κ1) is 18.3. The summed E-state index contributed by atoms with van der Waals surface area (Å²) in [6.07, 6.45) is -0.778. The molecule has 1 heterocycles. The van der Waals surface area contributed by atoms with E-state index in [1.54, 1.807) is 20.3 Å². The topological polar surface area (TPSA) is 88.2 Å². The van der Waals surface area contributed by atoms with Gasteiger partial charge in [0, 0.05) is 13.1 Å². The van der Waals surface area contributed by atoms with Crippen molar-refractivity contribution >= 4 is 0 Å². The summed E-state index contributed by atoms with van der Waals surface area (Å²) in [5.74, 6) is 2.48. The van der Waals surface area contributed by atoms with E-state index < -0.39 is 6.10 Å². The molecule has 0 fully saturated rings. The highest BCUT2D eigenvalue weighted by Crippen LogP contribution is 2.33. The second-order valence-corrected chi connectivity index (χ2v) is 5.62. The zero-order chi connectivity index (χ0) is 17.7. The lowest BCUT2D eigenvalue weighted by Gasteiger charge is -2.18. The van der Waals surface area contributed by atoms with Gasteiger partial charge < -0.3 is 24.1 Å². The predicted molar refractivity (Wildman–Crippen MR) is 89.2 cm³/mol. The SMILES string of the molecule is COc1ccc(OC)c(-c2nc(CN(C)C[C@@H](O)CO)c(C)o2)c1. The molecule has 2 N–H and O–H groups in total. The van der Waals surface area contributed by atoms with E-state index in [0.717, 1.165) is 5.69 Å². The van der Waals surface area contributed by atoms with Crippen LogP contribution in [0.2, 0.25) is 0 Å². The molecule has 2 rings (SSSR count). The maximum Gasteiger partial charge on any atom is 0.230 e. The lowest BCUT2D eigenvalue weighted by atomic mass is 10.2. The number of rotatable bonds is 8. The van der Waals surface area contributed by atoms with Crippen molar-refractivity contribution in [1.29, 1.82) is 0 Å². The molecule has 0 saturated heterocycles. The van der Waals surface area contributed by atoms with E-state index in [-0.39, 0.29) is 6.61 Å². The lowest BCUT2D eigenvalue weighted by molar-refractivity contribution is 0.0644. The monoisotopic (exact) mass is 336 g/mol. The van der Waals surface area contributed by atoms with Crippen LogP contribution in [0.3, 0.4) is 0 Å². The molecule has 1 aromatic heterocycles. The molecule has 0 amide bonds. The van der Waals surface area contributed by atoms with E-state index >= 15 is 0 Å². The van der Waals surface area contributed by atoms with Crippen LogP contribution in [0, 0.1) is 6.92 Å². The minimum atomic E-state index is -0.778. The highest BCUT2D eigenvalue weighted by atomic mass is 16.5. The largest absolute Gasteiger partial charge is 0.497 e. The number of likely N-dealkylation sites (N-methyl/N-ethyl adjacent to an activating group) is 1. The van der Waals surface area contributed by atoms with Crippen molar-refractivity contribution in [2.24, 2.45) is 0 Å². The number of nitrogens with zero attached hydrogens (tertiary/aromatic N) is 2. The highest BCUT2D eigenvalue weighted by Gasteiger charge is 2.18. The molecule has 0 aliphatic carbocycles. The third kappa shape index (κ3) is 4.25. The molecule has 0 aliphatic rings. The zero-order valence-electron chi connectivity index (χ0n) is 14.4. The molecule has 1 atom stereocenters. The fourth-order valence-electron chi connectivity index (χ4n) is 2.41. The molecule has 7 heteroatoms. The van der Waals surface area contributed by atoms with Crippen LogP contribution < -0.4 is 9.47 Å². The fourth-order valence-corrected chi connectivity index (χ4v) is 2.41. The third-order valence-electron chi connectivity index (χ3n) is 3.68. The summed E-state index contributed by atoms with van der Waals surface area (Å²) in [6, 6.07) is 5.42. The third-order valence-corrected chi connectivity index (χ3v) is 3.68. The van der Waals surface area contributed by atoms with E-state index in [4.69, 9.17) is 19.0 Å². The average molecular weight is 336 g/mol. The van der Waals surface area contributed by atoms with Crippen molar-refractivity contribution in [3.8, 4) is 23.0 Å². The van der Waals surface area contributed by atoms with Gasteiger partial charge in [-0.25, -0.2) is 4.98 Å². The molecular formula is C17H24N2O5. The van der Waals surface area contributed by atoms with Crippen LogP contribution in [0.4, 0.5) is 0 Å². The molecule has 1 aromatic carbocycles. The first-order valence-corrected chi connectivity index (χ1v) is 7.64. The van der Waals surface area contributed by atoms with Crippen molar-refractivity contribution in [3.05, 3.63) is 29.7 Å². The van der Waals surface area contributed by atoms with Crippen molar-refractivity contribution in [2.45, 2.75) is 19.6 Å². The molecule has 0 bridgehead atoms. The Morgan fingerprint density at radius 2 is 2.04 bits per heavy atom. The van der Waals surface area contributed by atoms with Gasteiger partial charge in [-0.05, 0) is 32.2 Å². The maximum absolute atomic E-state index is 9.52. The normalized spacial score (nSPS) is 12.5. The molecule has 24 heavy (non-hydrogen) atoms. The summed E-state index contributed by atoms with van der Waals surface area (Å²) in [5, 5.41) is 18.4. The standard InChI is InChI=1S/C17H24N2O5/c1-11-15(9-19(2)8-12(21)10-20)18-17(24-11)14-7-13(22-3)5-6-16(14)23-4/h5-7,12,20-21H,8-10H2,1-4H3/t12-/m1/s1. The lowest BCUT2D eigenvalue weighted by Crippen LogP contribution is -2.31. The number of hydrogen-bond acceptors (Lipinski definition) is 7. The van der Waals surface area contributed by atoms with Gasteiger partial charge in [-0.15, -0.1) is 0 Å². The Bertz CT molecular complexity index is 671. The van der Waals surface area contributed by atoms with Crippen molar-refractivity contribution < 1.29 is 24.1 Å². The number of hydrogen-bond donors (Lipinski definition) is 2. The molecule has 7 nitrogen and oxygen atoms in total. The second kappa shape index (κ2) is 8.14. The number of oxazole rings is 1. The first-order valence-electron chi connectivity index (χ1n) is 7.64. The first-order chi connectivity index (χ1) is 11.5. The molecule has 2 aromatic rings. The van der Waals surface area contributed by atoms with Crippen molar-refractivity contribution in [1.82, 2.24) is 9.88 Å². The molecule has 0 saturated carbocycles. The van der Waals surface area contributed by atoms with Gasteiger partial charge in [0.2, 0.25) is 5.89 Å². The molecule has 132 valence electrons. The van der Waals surface area contributed by atoms with Gasteiger partial charge >= 0.3 is 0 Å². The fraction of sp³-hybridized carbons (Fsp3) is 0.471. The number of aliphatic hydroxyl groups excluding tert-OH is 2. The summed E-state index contributed by atoms with van der Waals surface area (Å²) >= 11 is 0. The predicted octanol–water partition coefficient (Wildman–Crippen LogP) is 1.45. The number of methoxy groups -OCH3 is 2. The highest BCUT2D eigenvalue weighted by molar-refractivity contribution is 5.65. The Morgan fingerprint density at radius 3 is 2.67 bits per heavy atom. The number of ether oxygens (including phenoxy) is 2. The van der Waals surface area contributed by atoms with Gasteiger partial charge in [-0.1, -0.05) is 0 Å². The molecule has 0 spiro atoms. The van der Waals surface area contributed by atoms with Crippen molar-refractivity contribution in [3.63, 3.8) is 0 Å². The van der Waals surface area contributed by atoms with Gasteiger partial charge in [0.25, 0.3) is 0 Å². The molecular weight excluding hydrogens is 312 g/mol. The van der Waals surface area contributed by atoms with Crippen LogP contribution in [-0.4, -0.2) is 60.6 Å². The Labute approximate surface area is 141 Å². The average Bonchev–Trinajstić information content (AvgIpc) is 2.94. The van der Waals surface area contributed by atoms with Crippen LogP contribution in [0.15, 0.2) is 22.6 Å². The number of aliphatic hydroxyl groups is 2. The Morgan fingerprint density at radius 1 is 1.29 bits per heavy atom. The van der Waals surface area contributed by atoms with Crippen molar-refractivity contribution in [2.75, 3.05) is 34.4 Å². The summed E-state index contributed by atoms with van der Waals surface area (Å²) < 4.78 is 16.4. The number of benzene rings is 1. The van der Waals surface area contributed by atoms with Gasteiger partial charge in [-0.2, -0.15) is 0 Å². The molecule has 0 aliphatic heterocycles. The van der Waals surface area contributed by atoms with E-state index in [9.17, 15) is 5.11 Å². The van der Waals surface area contributed by atoms with Crippen LogP contribution in [-0.2, 0) is 6.54 Å². The van der Waals surface area contributed by atoms with Crippen LogP contribution in [0.25, 0.3) is 11.5 Å². The van der Waals surface area contributed by atoms with Gasteiger partial charge in [0.1, 0.15) is 17.3 Å². The summed E-state index contributed by atoms with van der Waals surface area (Å²) in [7, 11) is 5.03. The zero-order valence-corrected chi connectivity index (χ0v) is 14.4. The maximum atomic E-state index is 9.52. The minimum absolute atomic E-state index is 0.269. The smallest absolute Gasteiger partial charge is 0.230 e. The van der Waals surface area contributed by atoms with Gasteiger partial charge in [-0.3, -0.25) is 4.90 Å². The Hall–Kier alpha value is -2.09. The Balaban J connectivity index is 2.25. The van der Waals surface area contributed by atoms with Gasteiger partial charge in [0.05, 0.1) is 38.2 Å². The van der Waals surface area contributed by atoms with Gasteiger partial charge in [0.15, 0.2) is 0 Å². The van der Waals surface area contributed by atoms with E-state index in [1.807, 2.05) is 31.0 Å². The van der Waals surface area contributed by atoms with Crippen LogP contribution >= 0.6 is 0 Å². The summed E-state index contributed by atoms with van der Waals surface area (Å²) in [5.41, 5.74) is 1.48. The molecule has 0 radical (unpaired) electrons.